The van der Waals surface area contributed by atoms with E-state index in [1.54, 1.807) is 39.8 Å². The first kappa shape index (κ1) is 50.1. The van der Waals surface area contributed by atoms with Crippen LogP contribution < -0.4 is 10.6 Å². The molecule has 5 aliphatic rings. The summed E-state index contributed by atoms with van der Waals surface area (Å²) in [6, 6.07) is -0.700. The van der Waals surface area contributed by atoms with Crippen LogP contribution in [0.25, 0.3) is 6.08 Å². The Morgan fingerprint density at radius 3 is 1.73 bits per heavy atom. The van der Waals surface area contributed by atoms with E-state index in [4.69, 9.17) is 23.9 Å². The third-order valence-corrected chi connectivity index (χ3v) is 12.3. The molecule has 2 amide bonds. The quantitative estimate of drug-likeness (QED) is 0.0893. The molecule has 0 spiro atoms. The van der Waals surface area contributed by atoms with Gasteiger partial charge in [-0.3, -0.25) is 24.2 Å². The minimum atomic E-state index is -2.01. The van der Waals surface area contributed by atoms with Gasteiger partial charge in [-0.2, -0.15) is 0 Å². The molecule has 0 radical (unpaired) electrons. The van der Waals surface area contributed by atoms with E-state index in [0.29, 0.717) is 73.1 Å². The molecular weight excluding hydrogens is 885 g/mol. The second-order valence-corrected chi connectivity index (χ2v) is 16.5. The lowest BCUT2D eigenvalue weighted by Gasteiger charge is -2.37. The molecule has 11 atom stereocenters. The Kier molecular flexibility index (Phi) is 15.1. The summed E-state index contributed by atoms with van der Waals surface area (Å²) in [7, 11) is 0. The number of carbonyl (C=O) groups is 6. The van der Waals surface area contributed by atoms with Crippen molar-refractivity contribution in [2.45, 2.75) is 127 Å². The van der Waals surface area contributed by atoms with Gasteiger partial charge < -0.3 is 75.4 Å². The zero-order valence-corrected chi connectivity index (χ0v) is 36.7. The molecule has 0 unspecified atom stereocenters. The molecule has 0 aliphatic carbocycles. The minimum absolute atomic E-state index is 0.0219. The lowest BCUT2D eigenvalue weighted by molar-refractivity contribution is -0.286. The van der Waals surface area contributed by atoms with Crippen LogP contribution in [0.1, 0.15) is 62.5 Å². The van der Waals surface area contributed by atoms with Crippen LogP contribution in [0.15, 0.2) is 81.2 Å². The number of aliphatic carboxylic acids is 2. The Balaban J connectivity index is 1.32. The van der Waals surface area contributed by atoms with E-state index < -0.39 is 91.3 Å². The van der Waals surface area contributed by atoms with Crippen LogP contribution in [0.2, 0.25) is 0 Å². The maximum absolute atomic E-state index is 13.3. The summed E-state index contributed by atoms with van der Waals surface area (Å²) in [4.78, 5) is 83.5. The molecule has 67 heavy (non-hydrogen) atoms. The van der Waals surface area contributed by atoms with E-state index in [9.17, 15) is 69.6 Å². The predicted molar refractivity (Wildman–Crippen MR) is 230 cm³/mol. The number of aliphatic hydroxyl groups excluding tert-OH is 6. The average Bonchev–Trinajstić information content (AvgIpc) is 3.93. The van der Waals surface area contributed by atoms with E-state index >= 15 is 0 Å². The van der Waals surface area contributed by atoms with Crippen molar-refractivity contribution in [3.8, 4) is 0 Å². The number of nitrogens with zero attached hydrogens (tertiary/aromatic N) is 1. The molecule has 5 aliphatic heterocycles. The fourth-order valence-corrected chi connectivity index (χ4v) is 8.35. The first-order valence-electron chi connectivity index (χ1n) is 21.0. The van der Waals surface area contributed by atoms with Gasteiger partial charge in [-0.1, -0.05) is 25.3 Å². The number of rotatable bonds is 16. The first-order valence-corrected chi connectivity index (χ1v) is 21.0. The summed E-state index contributed by atoms with van der Waals surface area (Å²) in [5.74, 6) is -5.98. The Morgan fingerprint density at radius 2 is 1.22 bits per heavy atom. The summed E-state index contributed by atoms with van der Waals surface area (Å²) in [6.07, 6.45) is -14.4. The van der Waals surface area contributed by atoms with Crippen LogP contribution in [0.5, 0.6) is 0 Å². The SMILES string of the molecule is C=CC1=C(C)/C(=C/c2[nH]c(CC3=N[C@@H](/C=C4/NC(=O)C(C)=C4C=C)C(C)=C3CCC(=O)O[C@@H]3O[C@H](C(=O)O)[C@@H](O)[C@H](O)[C@H]3O)c(CCC(=O)O[C@@H]3O[C@H](C(=O)O)[C@@H](O)[C@H](O)[C@H]3O)c2C)NC1=O. The smallest absolute Gasteiger partial charge is 0.335 e. The Hall–Kier alpha value is -6.37. The average molecular weight is 937 g/mol. The summed E-state index contributed by atoms with van der Waals surface area (Å²) >= 11 is 0. The van der Waals surface area contributed by atoms with Crippen molar-refractivity contribution < 1.29 is 88.6 Å². The normalized spacial score (nSPS) is 31.0. The third kappa shape index (κ3) is 10.2. The van der Waals surface area contributed by atoms with Gasteiger partial charge in [0.1, 0.15) is 36.6 Å². The fraction of sp³-hybridized carbons (Fsp3) is 0.444. The van der Waals surface area contributed by atoms with Crippen LogP contribution in [-0.2, 0) is 60.6 Å². The molecule has 22 heteroatoms. The molecule has 6 rings (SSSR count). The van der Waals surface area contributed by atoms with Gasteiger partial charge in [0.2, 0.25) is 12.6 Å². The molecular formula is C45H52N4O18. The number of aliphatic hydroxyl groups is 6. The van der Waals surface area contributed by atoms with E-state index in [1.807, 2.05) is 0 Å². The second-order valence-electron chi connectivity index (χ2n) is 16.5. The molecule has 0 aromatic carbocycles. The molecule has 11 N–H and O–H groups in total. The van der Waals surface area contributed by atoms with Crippen molar-refractivity contribution in [1.82, 2.24) is 15.6 Å². The maximum atomic E-state index is 13.3. The van der Waals surface area contributed by atoms with E-state index in [2.05, 4.69) is 28.8 Å². The highest BCUT2D eigenvalue weighted by atomic mass is 16.7. The fourth-order valence-electron chi connectivity index (χ4n) is 8.35. The van der Waals surface area contributed by atoms with Crippen molar-refractivity contribution in [1.29, 1.82) is 0 Å². The number of hydrogen-bond donors (Lipinski definition) is 11. The highest BCUT2D eigenvalue weighted by Crippen LogP contribution is 2.34. The number of aromatic amines is 1. The summed E-state index contributed by atoms with van der Waals surface area (Å²) in [6.45, 7) is 14.4. The van der Waals surface area contributed by atoms with Gasteiger partial charge in [0.05, 0.1) is 6.04 Å². The minimum Gasteiger partial charge on any atom is -0.479 e. The molecule has 0 bridgehead atoms. The van der Waals surface area contributed by atoms with Crippen molar-refractivity contribution in [3.63, 3.8) is 0 Å². The molecule has 1 aromatic rings. The number of aromatic nitrogens is 1. The summed E-state index contributed by atoms with van der Waals surface area (Å²) in [5, 5.41) is 86.0. The Morgan fingerprint density at radius 1 is 0.701 bits per heavy atom. The molecule has 6 heterocycles. The summed E-state index contributed by atoms with van der Waals surface area (Å²) < 4.78 is 20.7. The van der Waals surface area contributed by atoms with Gasteiger partial charge in [-0.15, -0.1) is 0 Å². The third-order valence-electron chi connectivity index (χ3n) is 12.3. The van der Waals surface area contributed by atoms with Gasteiger partial charge >= 0.3 is 23.9 Å². The monoisotopic (exact) mass is 936 g/mol. The van der Waals surface area contributed by atoms with Crippen LogP contribution in [0.4, 0.5) is 0 Å². The van der Waals surface area contributed by atoms with E-state index in [0.717, 1.165) is 0 Å². The highest BCUT2D eigenvalue weighted by molar-refractivity contribution is 6.06. The van der Waals surface area contributed by atoms with Crippen molar-refractivity contribution in [3.05, 3.63) is 98.7 Å². The number of hydrogen-bond acceptors (Lipinski definition) is 17. The number of carbonyl (C=O) groups excluding carboxylic acids is 4. The predicted octanol–water partition coefficient (Wildman–Crippen LogP) is -0.922. The van der Waals surface area contributed by atoms with Gasteiger partial charge in [-0.25, -0.2) is 9.59 Å². The number of esters is 2. The Labute approximate surface area is 382 Å². The van der Waals surface area contributed by atoms with Crippen LogP contribution in [0.3, 0.4) is 0 Å². The van der Waals surface area contributed by atoms with Crippen molar-refractivity contribution >= 4 is 47.5 Å². The number of allylic oxidation sites excluding steroid dienone is 3. The number of ether oxygens (including phenoxy) is 4. The zero-order chi connectivity index (χ0) is 49.3. The number of aliphatic imine (C=N–C) groups is 1. The van der Waals surface area contributed by atoms with Crippen LogP contribution >= 0.6 is 0 Å². The van der Waals surface area contributed by atoms with Gasteiger partial charge in [0.15, 0.2) is 12.2 Å². The molecule has 1 aromatic heterocycles. The van der Waals surface area contributed by atoms with Crippen LogP contribution in [0, 0.1) is 6.92 Å². The molecule has 22 nitrogen and oxygen atoms in total. The van der Waals surface area contributed by atoms with E-state index in [-0.39, 0.29) is 43.9 Å². The lowest BCUT2D eigenvalue weighted by atomic mass is 9.94. The largest absolute Gasteiger partial charge is 0.479 e. The number of H-pyrrole nitrogens is 1. The van der Waals surface area contributed by atoms with Gasteiger partial charge in [-0.05, 0) is 80.5 Å². The number of amides is 2. The zero-order valence-electron chi connectivity index (χ0n) is 36.7. The topological polar surface area (TPSA) is 353 Å². The van der Waals surface area contributed by atoms with E-state index in [1.165, 1.54) is 12.2 Å². The lowest BCUT2D eigenvalue weighted by Crippen LogP contribution is -2.60. The highest BCUT2D eigenvalue weighted by Gasteiger charge is 2.50. The Bertz CT molecular complexity index is 2470. The summed E-state index contributed by atoms with van der Waals surface area (Å²) in [5.41, 5.74) is 6.70. The molecule has 0 saturated carbocycles. The first-order chi connectivity index (χ1) is 31.6. The molecule has 360 valence electrons. The van der Waals surface area contributed by atoms with Crippen molar-refractivity contribution in [2.24, 2.45) is 4.99 Å². The molecule has 2 fully saturated rings. The maximum Gasteiger partial charge on any atom is 0.335 e. The number of carboxylic acid groups (broad SMARTS) is 2. The standard InChI is InChI=1S/C45H52N4O18/c1-7-20-19(6)40(58)49-27(20)14-25-18(5)23(10-12-31(51)65-45-37(57)33(53)35(55)39(67-45)43(62)63)29(47-25)15-28-22(17(4)24(46-28)13-26-16(3)21(8-2)41(59)48-26)9-11-30(50)64-44-36(56)32(52)34(54)38(66-44)42(60)61/h7-8,13-14,25,32-39,44-46,52-57H,1-2,9-12,15H2,3-6H3,(H,48,59)(H,49,58)(H,60,61)(H,62,63)/b26-13-,27-14+/t25-,32-,33-,34-,35-,36+,37+,38-,39-,44+,45+/m0/s1. The molecule has 2 saturated heterocycles. The number of carboxylic acids is 2. The van der Waals surface area contributed by atoms with Crippen LogP contribution in [-0.4, -0.2) is 155 Å². The van der Waals surface area contributed by atoms with Gasteiger partial charge in [0.25, 0.3) is 11.8 Å². The van der Waals surface area contributed by atoms with Gasteiger partial charge in [0, 0.05) is 64.5 Å². The van der Waals surface area contributed by atoms with Crippen molar-refractivity contribution in [2.75, 3.05) is 0 Å². The number of nitrogens with one attached hydrogen (secondary N) is 3. The second kappa shape index (κ2) is 20.2.